The lowest BCUT2D eigenvalue weighted by Crippen LogP contribution is -2.49. The highest BCUT2D eigenvalue weighted by Crippen LogP contribution is 2.49. The molecule has 2 saturated heterocycles. The van der Waals surface area contributed by atoms with Gasteiger partial charge in [0.05, 0.1) is 0 Å². The molecule has 4 rings (SSSR count). The van der Waals surface area contributed by atoms with Gasteiger partial charge in [-0.3, -0.25) is 9.69 Å². The van der Waals surface area contributed by atoms with Crippen molar-refractivity contribution in [2.24, 2.45) is 5.92 Å². The average molecular weight is 335 g/mol. The zero-order chi connectivity index (χ0) is 16.7. The van der Waals surface area contributed by atoms with Gasteiger partial charge in [0, 0.05) is 51.2 Å². The predicted octanol–water partition coefficient (Wildman–Crippen LogP) is 1.57. The van der Waals surface area contributed by atoms with E-state index in [0.29, 0.717) is 18.0 Å². The highest BCUT2D eigenvalue weighted by atomic mass is 19.2. The number of hydrogen-bond donors (Lipinski definition) is 1. The van der Waals surface area contributed by atoms with Crippen LogP contribution in [0, 0.1) is 17.6 Å². The van der Waals surface area contributed by atoms with Crippen LogP contribution in [0.3, 0.4) is 0 Å². The van der Waals surface area contributed by atoms with Gasteiger partial charge in [-0.25, -0.2) is 8.78 Å². The molecule has 2 aliphatic heterocycles. The molecule has 1 aromatic rings. The quantitative estimate of drug-likeness (QED) is 0.911. The number of amides is 1. The Kier molecular flexibility index (Phi) is 4.26. The van der Waals surface area contributed by atoms with Crippen LogP contribution < -0.4 is 5.32 Å². The first-order valence-electron chi connectivity index (χ1n) is 8.82. The van der Waals surface area contributed by atoms with E-state index in [0.717, 1.165) is 51.8 Å². The fraction of sp³-hybridized carbons (Fsp3) is 0.611. The van der Waals surface area contributed by atoms with Gasteiger partial charge in [0.2, 0.25) is 5.91 Å². The second-order valence-corrected chi connectivity index (χ2v) is 7.10. The van der Waals surface area contributed by atoms with E-state index in [2.05, 4.69) is 10.2 Å². The Morgan fingerprint density at radius 1 is 1.17 bits per heavy atom. The number of piperazine rings is 1. The Morgan fingerprint density at radius 2 is 1.96 bits per heavy atom. The van der Waals surface area contributed by atoms with E-state index in [-0.39, 0.29) is 17.7 Å². The number of rotatable bonds is 3. The summed E-state index contributed by atoms with van der Waals surface area (Å²) < 4.78 is 27.3. The number of carbonyl (C=O) groups is 1. The minimum atomic E-state index is -0.828. The van der Waals surface area contributed by atoms with Crippen molar-refractivity contribution < 1.29 is 13.6 Å². The molecule has 3 fully saturated rings. The molecule has 0 spiro atoms. The van der Waals surface area contributed by atoms with E-state index < -0.39 is 11.6 Å². The lowest BCUT2D eigenvalue weighted by Gasteiger charge is -2.32. The van der Waals surface area contributed by atoms with E-state index in [1.807, 2.05) is 4.90 Å². The number of halogens is 2. The Labute approximate surface area is 140 Å². The van der Waals surface area contributed by atoms with Gasteiger partial charge in [-0.1, -0.05) is 12.1 Å². The minimum Gasteiger partial charge on any atom is -0.341 e. The summed E-state index contributed by atoms with van der Waals surface area (Å²) in [6, 6.07) is 4.68. The van der Waals surface area contributed by atoms with Crippen molar-refractivity contribution >= 4 is 5.91 Å². The van der Waals surface area contributed by atoms with Crippen molar-refractivity contribution in [1.82, 2.24) is 15.1 Å². The molecule has 1 aromatic carbocycles. The second-order valence-electron chi connectivity index (χ2n) is 7.10. The third kappa shape index (κ3) is 2.93. The van der Waals surface area contributed by atoms with Crippen LogP contribution >= 0.6 is 0 Å². The summed E-state index contributed by atoms with van der Waals surface area (Å²) in [4.78, 5) is 17.1. The number of nitrogens with one attached hydrogen (secondary N) is 1. The van der Waals surface area contributed by atoms with Crippen LogP contribution in [0.5, 0.6) is 0 Å². The monoisotopic (exact) mass is 335 g/mol. The van der Waals surface area contributed by atoms with Crippen molar-refractivity contribution in [2.45, 2.75) is 24.8 Å². The van der Waals surface area contributed by atoms with Crippen molar-refractivity contribution in [2.75, 3.05) is 39.3 Å². The Balaban J connectivity index is 1.37. The number of likely N-dealkylation sites (tertiary alicyclic amines) is 1. The molecule has 3 aliphatic rings. The van der Waals surface area contributed by atoms with E-state index in [9.17, 15) is 13.6 Å². The molecule has 3 atom stereocenters. The van der Waals surface area contributed by atoms with Crippen LogP contribution in [0.25, 0.3) is 0 Å². The zero-order valence-corrected chi connectivity index (χ0v) is 13.7. The maximum absolute atomic E-state index is 13.9. The largest absolute Gasteiger partial charge is 0.341 e. The molecule has 0 bridgehead atoms. The fourth-order valence-corrected chi connectivity index (χ4v) is 4.14. The second kappa shape index (κ2) is 6.41. The molecular weight excluding hydrogens is 312 g/mol. The van der Waals surface area contributed by atoms with Crippen LogP contribution in [-0.2, 0) is 4.79 Å². The molecule has 0 radical (unpaired) electrons. The molecule has 1 aliphatic carbocycles. The SMILES string of the molecule is O=C(C1CC1c1cccc(F)c1F)N1CCC(N2CCNCC2)C1. The van der Waals surface area contributed by atoms with Crippen molar-refractivity contribution in [1.29, 1.82) is 0 Å². The smallest absolute Gasteiger partial charge is 0.226 e. The first-order valence-corrected chi connectivity index (χ1v) is 8.82. The third-order valence-corrected chi connectivity index (χ3v) is 5.63. The topological polar surface area (TPSA) is 35.6 Å². The molecule has 2 heterocycles. The summed E-state index contributed by atoms with van der Waals surface area (Å²) >= 11 is 0. The summed E-state index contributed by atoms with van der Waals surface area (Å²) in [5.74, 6) is -1.85. The molecule has 0 aromatic heterocycles. The Morgan fingerprint density at radius 3 is 2.75 bits per heavy atom. The van der Waals surface area contributed by atoms with Gasteiger partial charge in [-0.05, 0) is 30.4 Å². The van der Waals surface area contributed by atoms with Gasteiger partial charge < -0.3 is 10.2 Å². The van der Waals surface area contributed by atoms with E-state index >= 15 is 0 Å². The lowest BCUT2D eigenvalue weighted by atomic mass is 10.1. The summed E-state index contributed by atoms with van der Waals surface area (Å²) in [5, 5.41) is 3.35. The highest BCUT2D eigenvalue weighted by molar-refractivity contribution is 5.83. The van der Waals surface area contributed by atoms with Gasteiger partial charge in [-0.15, -0.1) is 0 Å². The van der Waals surface area contributed by atoms with E-state index in [4.69, 9.17) is 0 Å². The molecule has 1 saturated carbocycles. The predicted molar refractivity (Wildman–Crippen MR) is 86.6 cm³/mol. The first kappa shape index (κ1) is 16.0. The van der Waals surface area contributed by atoms with Crippen molar-refractivity contribution in [3.05, 3.63) is 35.4 Å². The third-order valence-electron chi connectivity index (χ3n) is 5.63. The fourth-order valence-electron chi connectivity index (χ4n) is 4.14. The van der Waals surface area contributed by atoms with Gasteiger partial charge in [0.1, 0.15) is 0 Å². The number of hydrogen-bond acceptors (Lipinski definition) is 3. The van der Waals surface area contributed by atoms with Crippen LogP contribution in [0.1, 0.15) is 24.3 Å². The van der Waals surface area contributed by atoms with Gasteiger partial charge >= 0.3 is 0 Å². The van der Waals surface area contributed by atoms with Crippen LogP contribution in [0.2, 0.25) is 0 Å². The molecule has 1 amide bonds. The molecule has 4 nitrogen and oxygen atoms in total. The molecule has 6 heteroatoms. The molecule has 3 unspecified atom stereocenters. The summed E-state index contributed by atoms with van der Waals surface area (Å²) in [5.41, 5.74) is 0.353. The first-order chi connectivity index (χ1) is 11.6. The summed E-state index contributed by atoms with van der Waals surface area (Å²) in [6.45, 7) is 5.64. The Hall–Kier alpha value is -1.53. The van der Waals surface area contributed by atoms with Gasteiger partial charge in [0.15, 0.2) is 11.6 Å². The molecular formula is C18H23F2N3O. The van der Waals surface area contributed by atoms with Crippen LogP contribution in [-0.4, -0.2) is 61.0 Å². The minimum absolute atomic E-state index is 0.112. The average Bonchev–Trinajstić information content (AvgIpc) is 3.24. The number of nitrogens with zero attached hydrogens (tertiary/aromatic N) is 2. The molecule has 24 heavy (non-hydrogen) atoms. The molecule has 1 N–H and O–H groups in total. The number of benzene rings is 1. The maximum Gasteiger partial charge on any atom is 0.226 e. The lowest BCUT2D eigenvalue weighted by molar-refractivity contribution is -0.131. The molecule has 130 valence electrons. The maximum atomic E-state index is 13.9. The van der Waals surface area contributed by atoms with E-state index in [1.165, 1.54) is 6.07 Å². The van der Waals surface area contributed by atoms with Crippen LogP contribution in [0.15, 0.2) is 18.2 Å². The summed E-state index contributed by atoms with van der Waals surface area (Å²) in [7, 11) is 0. The summed E-state index contributed by atoms with van der Waals surface area (Å²) in [6.07, 6.45) is 1.64. The van der Waals surface area contributed by atoms with Gasteiger partial charge in [-0.2, -0.15) is 0 Å². The van der Waals surface area contributed by atoms with Gasteiger partial charge in [0.25, 0.3) is 0 Å². The number of carbonyl (C=O) groups excluding carboxylic acids is 1. The van der Waals surface area contributed by atoms with E-state index in [1.54, 1.807) is 6.07 Å². The van der Waals surface area contributed by atoms with Crippen LogP contribution in [0.4, 0.5) is 8.78 Å². The Bertz CT molecular complexity index is 633. The van der Waals surface area contributed by atoms with Crippen molar-refractivity contribution in [3.63, 3.8) is 0 Å². The normalized spacial score (nSPS) is 30.6. The zero-order valence-electron chi connectivity index (χ0n) is 13.7. The highest BCUT2D eigenvalue weighted by Gasteiger charge is 2.48. The standard InChI is InChI=1S/C18H23F2N3O/c19-16-3-1-2-13(17(16)20)14-10-15(14)18(24)23-7-4-12(11-23)22-8-5-21-6-9-22/h1-3,12,14-15,21H,4-11H2. The van der Waals surface area contributed by atoms with Crippen molar-refractivity contribution in [3.8, 4) is 0 Å².